The number of aromatic nitrogens is 1. The van der Waals surface area contributed by atoms with Gasteiger partial charge in [0.2, 0.25) is 5.91 Å². The van der Waals surface area contributed by atoms with Gasteiger partial charge in [-0.1, -0.05) is 6.92 Å². The lowest BCUT2D eigenvalue weighted by Crippen LogP contribution is -2.38. The van der Waals surface area contributed by atoms with E-state index >= 15 is 0 Å². The van der Waals surface area contributed by atoms with Gasteiger partial charge < -0.3 is 15.6 Å². The van der Waals surface area contributed by atoms with Crippen LogP contribution < -0.4 is 16.6 Å². The molecule has 1 heterocycles. The summed E-state index contributed by atoms with van der Waals surface area (Å²) in [6, 6.07) is 2.88. The topological polar surface area (TPSA) is 77.1 Å². The number of hydrogen-bond acceptors (Lipinski definition) is 3. The van der Waals surface area contributed by atoms with Crippen molar-refractivity contribution in [3.63, 3.8) is 0 Å². The van der Waals surface area contributed by atoms with E-state index in [1.54, 1.807) is 6.20 Å². The van der Waals surface area contributed by atoms with E-state index in [2.05, 4.69) is 5.32 Å². The predicted molar refractivity (Wildman–Crippen MR) is 66.8 cm³/mol. The Hall–Kier alpha value is -1.62. The molecule has 1 aromatic heterocycles. The molecule has 0 saturated heterocycles. The molecular formula is C12H19N3O2. The van der Waals surface area contributed by atoms with Crippen LogP contribution in [0.2, 0.25) is 0 Å². The lowest BCUT2D eigenvalue weighted by molar-refractivity contribution is -0.124. The number of carbonyl (C=O) groups is 1. The molecular weight excluding hydrogens is 218 g/mol. The van der Waals surface area contributed by atoms with Crippen LogP contribution in [0.5, 0.6) is 0 Å². The standard InChI is InChI=1S/C12H19N3O2/c1-3-10(12(17)14-6-5-13)15-7-4-9(2)8-11(15)16/h4,7-8,10H,3,5-6,13H2,1-2H3,(H,14,17). The molecule has 0 fully saturated rings. The van der Waals surface area contributed by atoms with Crippen molar-refractivity contribution in [1.82, 2.24) is 9.88 Å². The maximum absolute atomic E-state index is 11.8. The highest BCUT2D eigenvalue weighted by Gasteiger charge is 2.18. The normalized spacial score (nSPS) is 12.2. The number of aryl methyl sites for hydroxylation is 1. The Labute approximate surface area is 101 Å². The van der Waals surface area contributed by atoms with Crippen molar-refractivity contribution in [3.8, 4) is 0 Å². The fourth-order valence-electron chi connectivity index (χ4n) is 1.67. The fraction of sp³-hybridized carbons (Fsp3) is 0.500. The van der Waals surface area contributed by atoms with Crippen LogP contribution in [0.3, 0.4) is 0 Å². The largest absolute Gasteiger partial charge is 0.353 e. The Kier molecular flexibility index (Phi) is 4.90. The van der Waals surface area contributed by atoms with Crippen molar-refractivity contribution in [1.29, 1.82) is 0 Å². The fourth-order valence-corrected chi connectivity index (χ4v) is 1.67. The molecule has 1 aromatic rings. The molecule has 1 rings (SSSR count). The van der Waals surface area contributed by atoms with E-state index in [9.17, 15) is 9.59 Å². The van der Waals surface area contributed by atoms with E-state index in [4.69, 9.17) is 5.73 Å². The molecule has 3 N–H and O–H groups in total. The zero-order valence-electron chi connectivity index (χ0n) is 10.3. The SMILES string of the molecule is CCC(C(=O)NCCN)n1ccc(C)cc1=O. The Bertz CT molecular complexity index is 440. The first-order valence-electron chi connectivity index (χ1n) is 5.76. The smallest absolute Gasteiger partial charge is 0.251 e. The second-order valence-electron chi connectivity index (χ2n) is 3.95. The minimum atomic E-state index is -0.463. The first-order valence-corrected chi connectivity index (χ1v) is 5.76. The lowest BCUT2D eigenvalue weighted by atomic mass is 10.2. The monoisotopic (exact) mass is 237 g/mol. The number of nitrogens with one attached hydrogen (secondary N) is 1. The third kappa shape index (κ3) is 3.42. The summed E-state index contributed by atoms with van der Waals surface area (Å²) in [5, 5.41) is 2.70. The average molecular weight is 237 g/mol. The summed E-state index contributed by atoms with van der Waals surface area (Å²) in [5.74, 6) is -0.163. The van der Waals surface area contributed by atoms with Crippen LogP contribution >= 0.6 is 0 Å². The molecule has 17 heavy (non-hydrogen) atoms. The Balaban J connectivity index is 2.93. The van der Waals surface area contributed by atoms with Crippen molar-refractivity contribution < 1.29 is 4.79 Å². The van der Waals surface area contributed by atoms with Crippen LogP contribution in [0.4, 0.5) is 0 Å². The average Bonchev–Trinajstić information content (AvgIpc) is 2.30. The van der Waals surface area contributed by atoms with Crippen LogP contribution in [0.25, 0.3) is 0 Å². The molecule has 1 unspecified atom stereocenters. The summed E-state index contributed by atoms with van der Waals surface area (Å²) in [4.78, 5) is 23.6. The molecule has 0 aliphatic rings. The predicted octanol–water partition coefficient (Wildman–Crippen LogP) is 0.183. The third-order valence-electron chi connectivity index (χ3n) is 2.57. The van der Waals surface area contributed by atoms with Gasteiger partial charge in [-0.15, -0.1) is 0 Å². The summed E-state index contributed by atoms with van der Waals surface area (Å²) in [5.41, 5.74) is 6.06. The van der Waals surface area contributed by atoms with Crippen molar-refractivity contribution in [2.45, 2.75) is 26.3 Å². The molecule has 94 valence electrons. The molecule has 0 aliphatic carbocycles. The molecule has 0 radical (unpaired) electrons. The van der Waals surface area contributed by atoms with Gasteiger partial charge in [0.25, 0.3) is 5.56 Å². The number of amides is 1. The van der Waals surface area contributed by atoms with Crippen LogP contribution in [-0.4, -0.2) is 23.6 Å². The Morgan fingerprint density at radius 1 is 1.59 bits per heavy atom. The van der Waals surface area contributed by atoms with Gasteiger partial charge >= 0.3 is 0 Å². The molecule has 1 atom stereocenters. The van der Waals surface area contributed by atoms with E-state index < -0.39 is 6.04 Å². The first kappa shape index (κ1) is 13.4. The zero-order chi connectivity index (χ0) is 12.8. The van der Waals surface area contributed by atoms with Gasteiger partial charge in [-0.3, -0.25) is 9.59 Å². The van der Waals surface area contributed by atoms with Crippen LogP contribution in [-0.2, 0) is 4.79 Å². The van der Waals surface area contributed by atoms with Gasteiger partial charge in [0, 0.05) is 25.4 Å². The summed E-state index contributed by atoms with van der Waals surface area (Å²) in [6.45, 7) is 4.54. The molecule has 1 amide bonds. The van der Waals surface area contributed by atoms with E-state index in [1.165, 1.54) is 10.6 Å². The van der Waals surface area contributed by atoms with Gasteiger partial charge in [-0.25, -0.2) is 0 Å². The van der Waals surface area contributed by atoms with E-state index in [1.807, 2.05) is 19.9 Å². The highest BCUT2D eigenvalue weighted by atomic mass is 16.2. The maximum atomic E-state index is 11.8. The van der Waals surface area contributed by atoms with Crippen LogP contribution in [0.1, 0.15) is 24.9 Å². The summed E-state index contributed by atoms with van der Waals surface area (Å²) in [6.07, 6.45) is 2.23. The number of nitrogens with two attached hydrogens (primary N) is 1. The molecule has 5 heteroatoms. The number of pyridine rings is 1. The molecule has 5 nitrogen and oxygen atoms in total. The molecule has 0 bridgehead atoms. The second-order valence-corrected chi connectivity index (χ2v) is 3.95. The summed E-state index contributed by atoms with van der Waals surface area (Å²) < 4.78 is 1.46. The number of hydrogen-bond donors (Lipinski definition) is 2. The Morgan fingerprint density at radius 2 is 2.29 bits per heavy atom. The van der Waals surface area contributed by atoms with Crippen LogP contribution in [0, 0.1) is 6.92 Å². The maximum Gasteiger partial charge on any atom is 0.251 e. The minimum absolute atomic E-state index is 0.153. The van der Waals surface area contributed by atoms with E-state index in [0.29, 0.717) is 19.5 Å². The number of carbonyl (C=O) groups excluding carboxylic acids is 1. The van der Waals surface area contributed by atoms with E-state index in [-0.39, 0.29) is 11.5 Å². The zero-order valence-corrected chi connectivity index (χ0v) is 10.3. The van der Waals surface area contributed by atoms with Gasteiger partial charge in [-0.05, 0) is 25.0 Å². The summed E-state index contributed by atoms with van der Waals surface area (Å²) in [7, 11) is 0. The highest BCUT2D eigenvalue weighted by molar-refractivity contribution is 5.80. The van der Waals surface area contributed by atoms with Crippen molar-refractivity contribution in [3.05, 3.63) is 34.2 Å². The van der Waals surface area contributed by atoms with Gasteiger partial charge in [0.15, 0.2) is 0 Å². The Morgan fingerprint density at radius 3 is 2.82 bits per heavy atom. The quantitative estimate of drug-likeness (QED) is 0.767. The van der Waals surface area contributed by atoms with Crippen molar-refractivity contribution in [2.75, 3.05) is 13.1 Å². The number of rotatable bonds is 5. The third-order valence-corrected chi connectivity index (χ3v) is 2.57. The minimum Gasteiger partial charge on any atom is -0.353 e. The highest BCUT2D eigenvalue weighted by Crippen LogP contribution is 2.08. The van der Waals surface area contributed by atoms with Crippen molar-refractivity contribution >= 4 is 5.91 Å². The van der Waals surface area contributed by atoms with Gasteiger partial charge in [0.1, 0.15) is 6.04 Å². The van der Waals surface area contributed by atoms with Gasteiger partial charge in [0.05, 0.1) is 0 Å². The second kappa shape index (κ2) is 6.20. The molecule has 0 aliphatic heterocycles. The van der Waals surface area contributed by atoms with Crippen LogP contribution in [0.15, 0.2) is 23.1 Å². The molecule has 0 saturated carbocycles. The van der Waals surface area contributed by atoms with Crippen molar-refractivity contribution in [2.24, 2.45) is 5.73 Å². The lowest BCUT2D eigenvalue weighted by Gasteiger charge is -2.17. The van der Waals surface area contributed by atoms with Gasteiger partial charge in [-0.2, -0.15) is 0 Å². The molecule has 0 spiro atoms. The first-order chi connectivity index (χ1) is 8.10. The van der Waals surface area contributed by atoms with E-state index in [0.717, 1.165) is 5.56 Å². The number of nitrogens with zero attached hydrogens (tertiary/aromatic N) is 1. The molecule has 0 aromatic carbocycles. The summed E-state index contributed by atoms with van der Waals surface area (Å²) >= 11 is 0.